The van der Waals surface area contributed by atoms with Crippen LogP contribution in [0.5, 0.6) is 0 Å². The van der Waals surface area contributed by atoms with E-state index in [-0.39, 0.29) is 5.91 Å². The van der Waals surface area contributed by atoms with E-state index in [0.717, 1.165) is 19.3 Å². The summed E-state index contributed by atoms with van der Waals surface area (Å²) in [5.74, 6) is -0.0166. The first kappa shape index (κ1) is 12.6. The zero-order valence-corrected chi connectivity index (χ0v) is 10.9. The van der Waals surface area contributed by atoms with Crippen LogP contribution in [0.15, 0.2) is 24.3 Å². The average molecular weight is 242 g/mol. The molecule has 0 unspecified atom stereocenters. The summed E-state index contributed by atoms with van der Waals surface area (Å²) in [6.07, 6.45) is 2.28. The van der Waals surface area contributed by atoms with Gasteiger partial charge in [0.2, 0.25) is 5.91 Å². The van der Waals surface area contributed by atoms with Gasteiger partial charge in [-0.15, -0.1) is 0 Å². The fourth-order valence-electron chi connectivity index (χ4n) is 2.02. The van der Waals surface area contributed by atoms with Crippen molar-refractivity contribution in [3.63, 3.8) is 0 Å². The van der Waals surface area contributed by atoms with Crippen LogP contribution in [-0.4, -0.2) is 24.4 Å². The van der Waals surface area contributed by atoms with Crippen LogP contribution in [0.25, 0.3) is 0 Å². The predicted octanol–water partition coefficient (Wildman–Crippen LogP) is 2.30. The molecule has 0 N–H and O–H groups in total. The smallest absolute Gasteiger partial charge is 0.242 e. The third-order valence-corrected chi connectivity index (χ3v) is 3.58. The molecule has 94 valence electrons. The quantitative estimate of drug-likeness (QED) is 0.813. The number of hydrogen-bond acceptors (Lipinski definition) is 2. The maximum Gasteiger partial charge on any atom is 0.242 e. The number of carbonyl (C=O) groups excluding carboxylic acids is 1. The Hall–Kier alpha value is -1.82. The summed E-state index contributed by atoms with van der Waals surface area (Å²) in [5, 5.41) is 8.99. The van der Waals surface area contributed by atoms with Gasteiger partial charge in [0.15, 0.2) is 0 Å². The van der Waals surface area contributed by atoms with Gasteiger partial charge in [-0.05, 0) is 31.7 Å². The third-order valence-electron chi connectivity index (χ3n) is 3.58. The van der Waals surface area contributed by atoms with Crippen LogP contribution in [-0.2, 0) is 11.2 Å². The molecular formula is C15H18N2O. The van der Waals surface area contributed by atoms with Gasteiger partial charge in [-0.25, -0.2) is 0 Å². The van der Waals surface area contributed by atoms with Gasteiger partial charge >= 0.3 is 0 Å². The number of rotatable bonds is 4. The number of nitrogens with zero attached hydrogens (tertiary/aromatic N) is 2. The number of likely N-dealkylation sites (N-methyl/N-ethyl adjacent to an activating group) is 1. The van der Waals surface area contributed by atoms with Crippen molar-refractivity contribution in [3.8, 4) is 6.07 Å². The topological polar surface area (TPSA) is 44.1 Å². The molecule has 1 aliphatic carbocycles. The molecule has 0 aliphatic heterocycles. The molecule has 0 aromatic heterocycles. The van der Waals surface area contributed by atoms with Gasteiger partial charge in [0.1, 0.15) is 5.41 Å². The predicted molar refractivity (Wildman–Crippen MR) is 69.8 cm³/mol. The third kappa shape index (κ3) is 2.53. The summed E-state index contributed by atoms with van der Waals surface area (Å²) in [7, 11) is 1.79. The van der Waals surface area contributed by atoms with E-state index >= 15 is 0 Å². The summed E-state index contributed by atoms with van der Waals surface area (Å²) in [5.41, 5.74) is 1.77. The maximum atomic E-state index is 12.0. The van der Waals surface area contributed by atoms with Crippen molar-refractivity contribution in [1.82, 2.24) is 4.90 Å². The van der Waals surface area contributed by atoms with Gasteiger partial charge in [0.25, 0.3) is 0 Å². The molecule has 1 amide bonds. The molecule has 18 heavy (non-hydrogen) atoms. The number of hydrogen-bond donors (Lipinski definition) is 0. The highest BCUT2D eigenvalue weighted by Crippen LogP contribution is 2.46. The molecule has 3 heteroatoms. The average Bonchev–Trinajstić information content (AvgIpc) is 3.18. The number of carbonyl (C=O) groups is 1. The minimum atomic E-state index is -0.692. The van der Waals surface area contributed by atoms with Crippen molar-refractivity contribution < 1.29 is 4.79 Å². The van der Waals surface area contributed by atoms with Crippen LogP contribution in [0.1, 0.15) is 24.0 Å². The van der Waals surface area contributed by atoms with E-state index in [2.05, 4.69) is 37.3 Å². The summed E-state index contributed by atoms with van der Waals surface area (Å²) >= 11 is 0. The molecule has 1 aliphatic rings. The molecule has 1 fully saturated rings. The fraction of sp³-hybridized carbons (Fsp3) is 0.467. The van der Waals surface area contributed by atoms with Crippen LogP contribution in [0.3, 0.4) is 0 Å². The number of benzene rings is 1. The van der Waals surface area contributed by atoms with Gasteiger partial charge in [-0.3, -0.25) is 4.79 Å². The summed E-state index contributed by atoms with van der Waals surface area (Å²) < 4.78 is 0. The second kappa shape index (κ2) is 4.81. The molecule has 0 radical (unpaired) electrons. The standard InChI is InChI=1S/C15H18N2O/c1-12-3-5-13(6-4-12)7-10-17(2)14(18)15(11-16)8-9-15/h3-6H,7-10H2,1-2H3. The fourth-order valence-corrected chi connectivity index (χ4v) is 2.02. The van der Waals surface area contributed by atoms with Crippen molar-refractivity contribution in [2.45, 2.75) is 26.2 Å². The lowest BCUT2D eigenvalue weighted by atomic mass is 10.1. The molecule has 0 spiro atoms. The molecule has 0 atom stereocenters. The van der Waals surface area contributed by atoms with Crippen LogP contribution in [0, 0.1) is 23.7 Å². The molecule has 1 aromatic carbocycles. The van der Waals surface area contributed by atoms with Crippen LogP contribution < -0.4 is 0 Å². The highest BCUT2D eigenvalue weighted by atomic mass is 16.2. The lowest BCUT2D eigenvalue weighted by molar-refractivity contribution is -0.133. The van der Waals surface area contributed by atoms with Gasteiger partial charge in [-0.1, -0.05) is 29.8 Å². The molecule has 0 saturated heterocycles. The van der Waals surface area contributed by atoms with E-state index in [0.29, 0.717) is 6.54 Å². The largest absolute Gasteiger partial charge is 0.344 e. The van der Waals surface area contributed by atoms with Crippen molar-refractivity contribution >= 4 is 5.91 Å². The first-order valence-corrected chi connectivity index (χ1v) is 6.30. The minimum Gasteiger partial charge on any atom is -0.344 e. The number of amides is 1. The highest BCUT2D eigenvalue weighted by Gasteiger charge is 2.51. The first-order valence-electron chi connectivity index (χ1n) is 6.30. The van der Waals surface area contributed by atoms with E-state index < -0.39 is 5.41 Å². The zero-order chi connectivity index (χ0) is 13.2. The Labute approximate surface area is 108 Å². The van der Waals surface area contributed by atoms with Gasteiger partial charge in [0.05, 0.1) is 6.07 Å². The second-order valence-corrected chi connectivity index (χ2v) is 5.16. The van der Waals surface area contributed by atoms with Crippen molar-refractivity contribution in [2.24, 2.45) is 5.41 Å². The van der Waals surface area contributed by atoms with Gasteiger partial charge in [-0.2, -0.15) is 5.26 Å². The number of aryl methyl sites for hydroxylation is 1. The highest BCUT2D eigenvalue weighted by molar-refractivity contribution is 5.88. The Morgan fingerprint density at radius 2 is 2.00 bits per heavy atom. The van der Waals surface area contributed by atoms with E-state index in [1.807, 2.05) is 0 Å². The molecule has 1 aromatic rings. The molecular weight excluding hydrogens is 224 g/mol. The van der Waals surface area contributed by atoms with E-state index in [1.165, 1.54) is 11.1 Å². The Morgan fingerprint density at radius 1 is 1.39 bits per heavy atom. The monoisotopic (exact) mass is 242 g/mol. The normalized spacial score (nSPS) is 15.8. The SMILES string of the molecule is Cc1ccc(CCN(C)C(=O)C2(C#N)CC2)cc1. The zero-order valence-electron chi connectivity index (χ0n) is 10.9. The van der Waals surface area contributed by atoms with E-state index in [9.17, 15) is 4.79 Å². The molecule has 3 nitrogen and oxygen atoms in total. The van der Waals surface area contributed by atoms with E-state index in [4.69, 9.17) is 5.26 Å². The van der Waals surface area contributed by atoms with Crippen LogP contribution >= 0.6 is 0 Å². The van der Waals surface area contributed by atoms with Crippen molar-refractivity contribution in [3.05, 3.63) is 35.4 Å². The lowest BCUT2D eigenvalue weighted by Crippen LogP contribution is -2.34. The number of nitriles is 1. The Morgan fingerprint density at radius 3 is 2.50 bits per heavy atom. The van der Waals surface area contributed by atoms with Crippen molar-refractivity contribution in [2.75, 3.05) is 13.6 Å². The molecule has 2 rings (SSSR count). The summed E-state index contributed by atoms with van der Waals surface area (Å²) in [6, 6.07) is 10.5. The van der Waals surface area contributed by atoms with Crippen LogP contribution in [0.4, 0.5) is 0 Å². The van der Waals surface area contributed by atoms with Gasteiger partial charge < -0.3 is 4.90 Å². The Kier molecular flexibility index (Phi) is 3.38. The summed E-state index contributed by atoms with van der Waals surface area (Å²) in [4.78, 5) is 13.7. The maximum absolute atomic E-state index is 12.0. The van der Waals surface area contributed by atoms with Crippen molar-refractivity contribution in [1.29, 1.82) is 5.26 Å². The van der Waals surface area contributed by atoms with Crippen LogP contribution in [0.2, 0.25) is 0 Å². The summed E-state index contributed by atoms with van der Waals surface area (Å²) in [6.45, 7) is 2.73. The van der Waals surface area contributed by atoms with Gasteiger partial charge in [0, 0.05) is 13.6 Å². The first-order chi connectivity index (χ1) is 8.57. The second-order valence-electron chi connectivity index (χ2n) is 5.16. The minimum absolute atomic E-state index is 0.0166. The lowest BCUT2D eigenvalue weighted by Gasteiger charge is -2.19. The molecule has 1 saturated carbocycles. The molecule has 0 bridgehead atoms. The Bertz CT molecular complexity index is 480. The van der Waals surface area contributed by atoms with E-state index in [1.54, 1.807) is 11.9 Å². The molecule has 0 heterocycles. The Balaban J connectivity index is 1.89.